The number of imidazole rings is 1. The highest BCUT2D eigenvalue weighted by atomic mass is 19.1. The molecule has 3 aliphatic heterocycles. The molecule has 4 aliphatic rings. The second kappa shape index (κ2) is 14.6. The normalized spacial score (nSPS) is 19.4. The van der Waals surface area contributed by atoms with Crippen LogP contribution in [0.3, 0.4) is 0 Å². The maximum atomic E-state index is 17.7. The number of anilines is 1. The van der Waals surface area contributed by atoms with E-state index in [1.165, 1.54) is 7.11 Å². The molecule has 5 aromatic rings. The third-order valence-corrected chi connectivity index (χ3v) is 11.6. The Hall–Kier alpha value is -5.34. The lowest BCUT2D eigenvalue weighted by Gasteiger charge is -2.43. The number of rotatable bonds is 11. The molecule has 300 valence electrons. The molecule has 0 spiro atoms. The summed E-state index contributed by atoms with van der Waals surface area (Å²) in [5, 5.41) is 1.96. The predicted molar refractivity (Wildman–Crippen MR) is 216 cm³/mol. The number of likely N-dealkylation sites (N-methyl/N-ethyl adjacent to an activating group) is 1. The van der Waals surface area contributed by atoms with Crippen LogP contribution in [0.25, 0.3) is 43.8 Å². The van der Waals surface area contributed by atoms with Crippen LogP contribution in [-0.2, 0) is 20.7 Å². The maximum absolute atomic E-state index is 17.7. The minimum Gasteiger partial charge on any atom is -0.468 e. The first-order chi connectivity index (χ1) is 27.2. The van der Waals surface area contributed by atoms with Crippen LogP contribution in [0.1, 0.15) is 55.8 Å². The number of carbonyl (C=O) groups excluding carboxylic acids is 3. The van der Waals surface area contributed by atoms with Crippen LogP contribution in [0.4, 0.5) is 15.0 Å². The highest BCUT2D eigenvalue weighted by Crippen LogP contribution is 2.53. The summed E-state index contributed by atoms with van der Waals surface area (Å²) in [7, 11) is 9.02. The zero-order valence-corrected chi connectivity index (χ0v) is 33.8. The summed E-state index contributed by atoms with van der Waals surface area (Å²) in [5.74, 6) is 1.04. The molecule has 3 saturated heterocycles. The molecule has 3 unspecified atom stereocenters. The molecule has 4 fully saturated rings. The number of aldehydes is 1. The standard InChI is InChI=1S/C43H50FN7O6/c1-43(2,3)57-42(54)50-19-25-17-32(50)39(25)51-33(13-14-34(53)48(6)7)45-38-40(51)35-26(22-52)16-31(36(44)37(35)46-41(38)49-20-27(21-49)47(4)5)30-18-28(56-23-55-8)15-24-11-9-10-12-29(24)30/h9-12,15-16,18,22,25,27,32,39H,13-14,17,19-21,23H2,1-8H3. The molecule has 0 radical (unpaired) electrons. The fraction of sp³-hybridized carbons (Fsp3) is 0.465. The minimum atomic E-state index is -0.674. The van der Waals surface area contributed by atoms with Gasteiger partial charge in [0.25, 0.3) is 0 Å². The molecule has 2 bridgehead atoms. The van der Waals surface area contributed by atoms with Crippen LogP contribution in [0.15, 0.2) is 42.5 Å². The van der Waals surface area contributed by atoms with Crippen LogP contribution in [0.2, 0.25) is 0 Å². The van der Waals surface area contributed by atoms with Gasteiger partial charge in [0.05, 0.1) is 17.6 Å². The van der Waals surface area contributed by atoms with E-state index in [9.17, 15) is 14.4 Å². The first-order valence-electron chi connectivity index (χ1n) is 19.5. The Balaban J connectivity index is 1.39. The Labute approximate surface area is 331 Å². The van der Waals surface area contributed by atoms with E-state index in [1.54, 1.807) is 36.0 Å². The van der Waals surface area contributed by atoms with Gasteiger partial charge in [-0.3, -0.25) is 9.59 Å². The van der Waals surface area contributed by atoms with Gasteiger partial charge in [0.15, 0.2) is 24.7 Å². The molecule has 3 aromatic carbocycles. The number of ether oxygens (including phenoxy) is 3. The van der Waals surface area contributed by atoms with Gasteiger partial charge < -0.3 is 38.4 Å². The number of hydrogen-bond donors (Lipinski definition) is 0. The fourth-order valence-corrected chi connectivity index (χ4v) is 8.67. The molecule has 14 heteroatoms. The van der Waals surface area contributed by atoms with Gasteiger partial charge in [0.2, 0.25) is 5.91 Å². The summed E-state index contributed by atoms with van der Waals surface area (Å²) in [4.78, 5) is 57.8. The molecule has 13 nitrogen and oxygen atoms in total. The smallest absolute Gasteiger partial charge is 0.410 e. The number of benzene rings is 3. The first kappa shape index (κ1) is 38.5. The number of nitrogens with zero attached hydrogens (tertiary/aromatic N) is 7. The van der Waals surface area contributed by atoms with Crippen molar-refractivity contribution in [3.63, 3.8) is 0 Å². The zero-order chi connectivity index (χ0) is 40.5. The van der Waals surface area contributed by atoms with Crippen LogP contribution in [0.5, 0.6) is 5.75 Å². The van der Waals surface area contributed by atoms with E-state index < -0.39 is 11.4 Å². The molecule has 5 heterocycles. The van der Waals surface area contributed by atoms with Gasteiger partial charge in [-0.25, -0.2) is 19.2 Å². The largest absolute Gasteiger partial charge is 0.468 e. The average Bonchev–Trinajstić information content (AvgIpc) is 3.85. The van der Waals surface area contributed by atoms with Crippen molar-refractivity contribution in [3.05, 3.63) is 59.7 Å². The van der Waals surface area contributed by atoms with Crippen molar-refractivity contribution in [3.8, 4) is 16.9 Å². The summed E-state index contributed by atoms with van der Waals surface area (Å²) in [6.07, 6.45) is 1.61. The number of aryl methyl sites for hydroxylation is 1. The number of hydrogen-bond acceptors (Lipinski definition) is 10. The molecule has 1 aliphatic carbocycles. The molecule has 3 atom stereocenters. The topological polar surface area (TPSA) is 123 Å². The van der Waals surface area contributed by atoms with E-state index in [0.717, 1.165) is 23.5 Å². The monoisotopic (exact) mass is 779 g/mol. The molecule has 2 amide bonds. The van der Waals surface area contributed by atoms with Crippen molar-refractivity contribution in [1.82, 2.24) is 29.2 Å². The number of amides is 2. The summed E-state index contributed by atoms with van der Waals surface area (Å²) >= 11 is 0. The first-order valence-corrected chi connectivity index (χ1v) is 19.5. The molecule has 9 rings (SSSR count). The van der Waals surface area contributed by atoms with Gasteiger partial charge >= 0.3 is 6.09 Å². The Bertz CT molecular complexity index is 2420. The summed E-state index contributed by atoms with van der Waals surface area (Å²) in [6, 6.07) is 12.7. The molecular weight excluding hydrogens is 730 g/mol. The lowest BCUT2D eigenvalue weighted by atomic mass is 9.79. The van der Waals surface area contributed by atoms with Crippen LogP contribution < -0.4 is 9.64 Å². The quantitative estimate of drug-likeness (QED) is 0.112. The Morgan fingerprint density at radius 1 is 1.00 bits per heavy atom. The molecule has 0 N–H and O–H groups in total. The molecular formula is C43H50FN7O6. The van der Waals surface area contributed by atoms with Crippen molar-refractivity contribution < 1.29 is 33.0 Å². The fourth-order valence-electron chi connectivity index (χ4n) is 8.67. The van der Waals surface area contributed by atoms with E-state index in [-0.39, 0.29) is 65.9 Å². The Morgan fingerprint density at radius 2 is 1.75 bits per heavy atom. The molecule has 2 aromatic heterocycles. The van der Waals surface area contributed by atoms with Gasteiger partial charge in [-0.2, -0.15) is 0 Å². The van der Waals surface area contributed by atoms with E-state index in [2.05, 4.69) is 14.4 Å². The predicted octanol–water partition coefficient (Wildman–Crippen LogP) is 6.29. The highest BCUT2D eigenvalue weighted by molar-refractivity contribution is 6.15. The van der Waals surface area contributed by atoms with Gasteiger partial charge in [-0.15, -0.1) is 0 Å². The zero-order valence-electron chi connectivity index (χ0n) is 33.8. The number of aromatic nitrogens is 3. The van der Waals surface area contributed by atoms with Gasteiger partial charge in [-0.1, -0.05) is 24.3 Å². The van der Waals surface area contributed by atoms with Crippen LogP contribution in [0, 0.1) is 11.7 Å². The van der Waals surface area contributed by atoms with Crippen molar-refractivity contribution in [1.29, 1.82) is 0 Å². The lowest BCUT2D eigenvalue weighted by molar-refractivity contribution is -0.128. The van der Waals surface area contributed by atoms with E-state index >= 15 is 4.39 Å². The van der Waals surface area contributed by atoms with Crippen molar-refractivity contribution in [2.75, 3.05) is 66.6 Å². The number of carbonyl (C=O) groups is 3. The number of methoxy groups -OCH3 is 1. The summed E-state index contributed by atoms with van der Waals surface area (Å²) in [5.41, 5.74) is 1.49. The van der Waals surface area contributed by atoms with Crippen LogP contribution >= 0.6 is 0 Å². The Morgan fingerprint density at radius 3 is 2.44 bits per heavy atom. The second-order valence-corrected chi connectivity index (χ2v) is 16.9. The Kier molecular flexibility index (Phi) is 9.84. The van der Waals surface area contributed by atoms with Gasteiger partial charge in [0.1, 0.15) is 28.2 Å². The van der Waals surface area contributed by atoms with Crippen molar-refractivity contribution in [2.45, 2.75) is 63.8 Å². The van der Waals surface area contributed by atoms with E-state index in [4.69, 9.17) is 24.2 Å². The van der Waals surface area contributed by atoms with E-state index in [0.29, 0.717) is 65.4 Å². The third-order valence-electron chi connectivity index (χ3n) is 11.6. The average molecular weight is 780 g/mol. The van der Waals surface area contributed by atoms with Gasteiger partial charge in [-0.05, 0) is 75.8 Å². The second-order valence-electron chi connectivity index (χ2n) is 16.9. The lowest BCUT2D eigenvalue weighted by Crippen LogP contribution is -2.57. The number of pyridine rings is 1. The van der Waals surface area contributed by atoms with Crippen LogP contribution in [-0.4, -0.2) is 127 Å². The van der Waals surface area contributed by atoms with Crippen molar-refractivity contribution in [2.24, 2.45) is 5.92 Å². The van der Waals surface area contributed by atoms with E-state index in [1.807, 2.05) is 65.2 Å². The number of halogens is 1. The SMILES string of the molecule is COCOc1cc(-c2cc(C=O)c3c(nc(N4CC(N(C)C)C4)c4nc(CCC(=O)N(C)C)n(C5C6CC5N(C(=O)OC(C)(C)C)C6)c43)c2F)c2ccccc2c1. The molecule has 1 saturated carbocycles. The summed E-state index contributed by atoms with van der Waals surface area (Å²) in [6.45, 7) is 7.32. The van der Waals surface area contributed by atoms with Crippen molar-refractivity contribution >= 4 is 56.8 Å². The number of fused-ring (bicyclic) bond motifs is 5. The van der Waals surface area contributed by atoms with Gasteiger partial charge in [0, 0.05) is 82.2 Å². The molecule has 57 heavy (non-hydrogen) atoms. The minimum absolute atomic E-state index is 0.00518. The maximum Gasteiger partial charge on any atom is 0.410 e. The summed E-state index contributed by atoms with van der Waals surface area (Å²) < 4.78 is 36.7. The highest BCUT2D eigenvalue weighted by Gasteiger charge is 2.56. The third kappa shape index (κ3) is 6.71.